The molecule has 0 heterocycles. The zero-order chi connectivity index (χ0) is 24.7. The van der Waals surface area contributed by atoms with Gasteiger partial charge in [-0.1, -0.05) is 13.8 Å². The average molecular weight is 475 g/mol. The number of aliphatic carboxylic acids is 1. The molecule has 0 bridgehead atoms. The van der Waals surface area contributed by atoms with E-state index in [0.717, 1.165) is 57.6 Å². The lowest BCUT2D eigenvalue weighted by molar-refractivity contribution is -0.164. The summed E-state index contributed by atoms with van der Waals surface area (Å²) in [6.45, 7) is 5.24. The zero-order valence-electron chi connectivity index (χ0n) is 21.0. The van der Waals surface area contributed by atoms with Gasteiger partial charge in [0.05, 0.1) is 24.3 Å². The molecule has 0 aromatic rings. The molecule has 4 rings (SSSR count). The molecule has 4 saturated carbocycles. The number of aliphatic imine (C=N–C) groups is 1. The van der Waals surface area contributed by atoms with E-state index < -0.39 is 11.6 Å². The number of methoxy groups -OCH3 is 1. The highest BCUT2D eigenvalue weighted by atomic mass is 16.5. The second-order valence-corrected chi connectivity index (χ2v) is 12.1. The molecule has 7 nitrogen and oxygen atoms in total. The molecular formula is C27H42N2O5. The molecule has 4 fully saturated rings. The highest BCUT2D eigenvalue weighted by Gasteiger charge is 2.62. The van der Waals surface area contributed by atoms with Gasteiger partial charge in [0.15, 0.2) is 5.78 Å². The summed E-state index contributed by atoms with van der Waals surface area (Å²) in [7, 11) is 1.67. The van der Waals surface area contributed by atoms with Crippen molar-refractivity contribution in [1.29, 1.82) is 0 Å². The maximum Gasteiger partial charge on any atom is 0.338 e. The fourth-order valence-electron chi connectivity index (χ4n) is 8.76. The van der Waals surface area contributed by atoms with Crippen LogP contribution in [0.25, 0.3) is 0 Å². The van der Waals surface area contributed by atoms with Crippen LogP contribution in [-0.2, 0) is 14.3 Å². The first-order valence-corrected chi connectivity index (χ1v) is 13.0. The van der Waals surface area contributed by atoms with Gasteiger partial charge in [-0.3, -0.25) is 9.79 Å². The second kappa shape index (κ2) is 9.38. The smallest absolute Gasteiger partial charge is 0.338 e. The van der Waals surface area contributed by atoms with Gasteiger partial charge >= 0.3 is 5.97 Å². The van der Waals surface area contributed by atoms with Crippen molar-refractivity contribution in [2.75, 3.05) is 20.3 Å². The number of aliphatic hydroxyl groups is 1. The monoisotopic (exact) mass is 474 g/mol. The van der Waals surface area contributed by atoms with Crippen LogP contribution in [0.3, 0.4) is 0 Å². The maximum atomic E-state index is 13.2. The Morgan fingerprint density at radius 2 is 1.79 bits per heavy atom. The normalized spacial score (nSPS) is 44.4. The molecule has 4 N–H and O–H groups in total. The first kappa shape index (κ1) is 25.4. The van der Waals surface area contributed by atoms with Crippen LogP contribution in [0.2, 0.25) is 0 Å². The zero-order valence-corrected chi connectivity index (χ0v) is 21.0. The Balaban J connectivity index is 1.45. The lowest BCUT2D eigenvalue weighted by Crippen LogP contribution is -2.56. The van der Waals surface area contributed by atoms with Crippen LogP contribution < -0.4 is 5.73 Å². The predicted octanol–water partition coefficient (Wildman–Crippen LogP) is 3.59. The van der Waals surface area contributed by atoms with Crippen LogP contribution in [0.4, 0.5) is 0 Å². The number of nitrogens with two attached hydrogens (primary N) is 1. The Hall–Kier alpha value is -1.73. The molecule has 0 aromatic carbocycles. The number of rotatable bonds is 7. The van der Waals surface area contributed by atoms with E-state index in [1.165, 1.54) is 12.6 Å². The molecular weight excluding hydrogens is 432 g/mol. The summed E-state index contributed by atoms with van der Waals surface area (Å²) in [5, 5.41) is 20.1. The van der Waals surface area contributed by atoms with Gasteiger partial charge in [-0.15, -0.1) is 0 Å². The number of carbonyl (C=O) groups excluding carboxylic acids is 1. The predicted molar refractivity (Wildman–Crippen MR) is 130 cm³/mol. The molecule has 0 saturated heterocycles. The van der Waals surface area contributed by atoms with Crippen molar-refractivity contribution >= 4 is 18.0 Å². The first-order valence-electron chi connectivity index (χ1n) is 13.0. The number of ketones is 1. The fourth-order valence-corrected chi connectivity index (χ4v) is 8.76. The summed E-state index contributed by atoms with van der Waals surface area (Å²) in [5.41, 5.74) is 4.82. The van der Waals surface area contributed by atoms with E-state index in [2.05, 4.69) is 18.8 Å². The summed E-state index contributed by atoms with van der Waals surface area (Å²) in [5.74, 6) is 1.39. The minimum Gasteiger partial charge on any atom is -0.478 e. The van der Waals surface area contributed by atoms with E-state index in [-0.39, 0.29) is 34.6 Å². The van der Waals surface area contributed by atoms with Gasteiger partial charge in [-0.05, 0) is 92.3 Å². The average Bonchev–Trinajstić information content (AvgIpc) is 3.14. The number of hydrogen-bond donors (Lipinski definition) is 3. The Labute approximate surface area is 203 Å². The number of Topliss-reactive ketones (excluding diaryl/α,β-unsaturated/α-hetero) is 1. The Morgan fingerprint density at radius 1 is 1.06 bits per heavy atom. The third kappa shape index (κ3) is 4.23. The number of carboxylic acids is 1. The van der Waals surface area contributed by atoms with Crippen LogP contribution in [0.1, 0.15) is 71.6 Å². The van der Waals surface area contributed by atoms with Crippen molar-refractivity contribution in [3.63, 3.8) is 0 Å². The molecule has 0 aromatic heterocycles. The molecule has 4 aliphatic carbocycles. The van der Waals surface area contributed by atoms with E-state index in [9.17, 15) is 14.7 Å². The van der Waals surface area contributed by atoms with Crippen molar-refractivity contribution in [3.8, 4) is 0 Å². The fraction of sp³-hybridized carbons (Fsp3) is 0.815. The molecule has 0 radical (unpaired) electrons. The highest BCUT2D eigenvalue weighted by Crippen LogP contribution is 2.68. The molecule has 0 spiro atoms. The molecule has 4 aliphatic rings. The lowest BCUT2D eigenvalue weighted by atomic mass is 9.44. The molecule has 8 atom stereocenters. The molecule has 0 aliphatic heterocycles. The summed E-state index contributed by atoms with van der Waals surface area (Å²) >= 11 is 0. The van der Waals surface area contributed by atoms with Gasteiger partial charge in [0.1, 0.15) is 0 Å². The third-order valence-electron chi connectivity index (χ3n) is 10.5. The Bertz CT molecular complexity index is 871. The van der Waals surface area contributed by atoms with Crippen molar-refractivity contribution < 1.29 is 24.5 Å². The summed E-state index contributed by atoms with van der Waals surface area (Å²) in [6.07, 6.45) is 11.5. The van der Waals surface area contributed by atoms with Crippen molar-refractivity contribution in [2.45, 2.75) is 77.2 Å². The topological polar surface area (TPSA) is 122 Å². The minimum absolute atomic E-state index is 0.00174. The van der Waals surface area contributed by atoms with Crippen LogP contribution in [-0.4, -0.2) is 54.0 Å². The number of ether oxygens (including phenoxy) is 1. The summed E-state index contributed by atoms with van der Waals surface area (Å²) < 4.78 is 5.34. The Morgan fingerprint density at radius 3 is 2.47 bits per heavy atom. The van der Waals surface area contributed by atoms with Crippen LogP contribution in [0.15, 0.2) is 16.8 Å². The van der Waals surface area contributed by atoms with E-state index in [0.29, 0.717) is 30.3 Å². The maximum absolute atomic E-state index is 13.2. The number of carboxylic acid groups (broad SMARTS) is 1. The van der Waals surface area contributed by atoms with Crippen LogP contribution >= 0.6 is 0 Å². The summed E-state index contributed by atoms with van der Waals surface area (Å²) in [6, 6.07) is 0. The summed E-state index contributed by atoms with van der Waals surface area (Å²) in [4.78, 5) is 28.4. The lowest BCUT2D eigenvalue weighted by Gasteiger charge is -2.62. The van der Waals surface area contributed by atoms with Crippen molar-refractivity contribution in [2.24, 2.45) is 51.1 Å². The van der Waals surface area contributed by atoms with Crippen molar-refractivity contribution in [3.05, 3.63) is 11.8 Å². The SMILES string of the molecule is COCC1(O)CCC2(C)C(CCC3C2CCC2(C)C(C(=O)CN=CC(=CN)C(=O)O)CCC32)C1. The molecule has 34 heavy (non-hydrogen) atoms. The van der Waals surface area contributed by atoms with E-state index in [1.54, 1.807) is 7.11 Å². The quantitative estimate of drug-likeness (QED) is 0.383. The molecule has 0 amide bonds. The van der Waals surface area contributed by atoms with Gasteiger partial charge in [-0.25, -0.2) is 4.79 Å². The number of carbonyl (C=O) groups is 2. The van der Waals surface area contributed by atoms with Crippen LogP contribution in [0, 0.1) is 40.4 Å². The Kier molecular flexibility index (Phi) is 7.00. The second-order valence-electron chi connectivity index (χ2n) is 12.1. The van der Waals surface area contributed by atoms with E-state index >= 15 is 0 Å². The van der Waals surface area contributed by atoms with E-state index in [1.807, 2.05) is 0 Å². The molecule has 190 valence electrons. The van der Waals surface area contributed by atoms with Gasteiger partial charge in [0.2, 0.25) is 0 Å². The van der Waals surface area contributed by atoms with Crippen LogP contribution in [0.5, 0.6) is 0 Å². The van der Waals surface area contributed by atoms with Gasteiger partial charge in [0.25, 0.3) is 0 Å². The number of nitrogens with zero attached hydrogens (tertiary/aromatic N) is 1. The van der Waals surface area contributed by atoms with Gasteiger partial charge in [0, 0.05) is 25.4 Å². The highest BCUT2D eigenvalue weighted by molar-refractivity contribution is 6.08. The number of fused-ring (bicyclic) bond motifs is 5. The standard InChI is InChI=1S/C27H42N2O5/c1-25-10-11-27(33,16-34-3)12-18(25)4-5-19-20-6-7-22(26(20,2)9-8-21(19)25)23(30)15-29-14-17(13-28)24(31)32/h13-14,18-22,33H,4-12,15-16,28H2,1-3H3,(H,31,32). The molecule has 7 heteroatoms. The minimum atomic E-state index is -1.14. The van der Waals surface area contributed by atoms with Gasteiger partial charge in [-0.2, -0.15) is 0 Å². The molecule has 8 unspecified atom stereocenters. The largest absolute Gasteiger partial charge is 0.478 e. The first-order chi connectivity index (χ1) is 16.1. The number of hydrogen-bond acceptors (Lipinski definition) is 6. The third-order valence-corrected chi connectivity index (χ3v) is 10.5. The van der Waals surface area contributed by atoms with E-state index in [4.69, 9.17) is 15.6 Å². The van der Waals surface area contributed by atoms with Crippen molar-refractivity contribution in [1.82, 2.24) is 0 Å². The van der Waals surface area contributed by atoms with Gasteiger partial charge < -0.3 is 20.7 Å².